The second kappa shape index (κ2) is 10.7. The minimum Gasteiger partial charge on any atom is -0.402 e. The van der Waals surface area contributed by atoms with Crippen molar-refractivity contribution in [2.24, 2.45) is 10.7 Å². The summed E-state index contributed by atoms with van der Waals surface area (Å²) < 4.78 is 2.02. The number of aliphatic imine (C=N–C) groups is 1. The van der Waals surface area contributed by atoms with Gasteiger partial charge in [-0.3, -0.25) is 9.39 Å². The number of rotatable bonds is 9. The molecule has 0 radical (unpaired) electrons. The predicted octanol–water partition coefficient (Wildman–Crippen LogP) is 5.84. The van der Waals surface area contributed by atoms with Crippen molar-refractivity contribution in [3.8, 4) is 0 Å². The molecule has 0 aliphatic rings. The lowest BCUT2D eigenvalue weighted by molar-refractivity contribution is 0.767. The van der Waals surface area contributed by atoms with E-state index in [0.29, 0.717) is 18.0 Å². The van der Waals surface area contributed by atoms with Gasteiger partial charge in [0.05, 0.1) is 17.4 Å². The molecule has 7 heteroatoms. The number of nitrogens with zero attached hydrogens (tertiary/aromatic N) is 5. The lowest BCUT2D eigenvalue weighted by Gasteiger charge is -2.34. The Hall–Kier alpha value is -3.12. The van der Waals surface area contributed by atoms with E-state index in [4.69, 9.17) is 22.3 Å². The van der Waals surface area contributed by atoms with E-state index in [2.05, 4.69) is 54.8 Å². The summed E-state index contributed by atoms with van der Waals surface area (Å²) >= 11 is 6.22. The molecule has 2 N–H and O–H groups in total. The number of fused-ring (bicyclic) bond motifs is 1. The molecule has 0 fully saturated rings. The SMILES string of the molecule is C=CC(=NCCC)C(=C(N)CC)C(c1ccc(Cl)cc1)N(C)c1cc(C)c2nnc(C)n2c1. The third-order valence-corrected chi connectivity index (χ3v) is 6.05. The third kappa shape index (κ3) is 5.11. The lowest BCUT2D eigenvalue weighted by Crippen LogP contribution is -2.31. The maximum Gasteiger partial charge on any atom is 0.163 e. The average molecular weight is 465 g/mol. The Kier molecular flexibility index (Phi) is 7.92. The largest absolute Gasteiger partial charge is 0.402 e. The molecule has 0 aliphatic carbocycles. The van der Waals surface area contributed by atoms with Gasteiger partial charge in [-0.15, -0.1) is 10.2 Å². The first kappa shape index (κ1) is 24.5. The van der Waals surface area contributed by atoms with Crippen molar-refractivity contribution in [1.82, 2.24) is 14.6 Å². The monoisotopic (exact) mass is 464 g/mol. The van der Waals surface area contributed by atoms with E-state index in [-0.39, 0.29) is 6.04 Å². The quantitative estimate of drug-likeness (QED) is 0.404. The van der Waals surface area contributed by atoms with Crippen molar-refractivity contribution in [1.29, 1.82) is 0 Å². The van der Waals surface area contributed by atoms with Crippen LogP contribution in [0.5, 0.6) is 0 Å². The van der Waals surface area contributed by atoms with E-state index in [1.807, 2.05) is 48.6 Å². The normalized spacial score (nSPS) is 13.7. The van der Waals surface area contributed by atoms with Gasteiger partial charge < -0.3 is 10.6 Å². The molecule has 3 aromatic rings. The molecule has 174 valence electrons. The van der Waals surface area contributed by atoms with Gasteiger partial charge >= 0.3 is 0 Å². The molecule has 0 bridgehead atoms. The minimum absolute atomic E-state index is 0.190. The van der Waals surface area contributed by atoms with Crippen LogP contribution in [0.4, 0.5) is 5.69 Å². The highest BCUT2D eigenvalue weighted by Crippen LogP contribution is 2.35. The zero-order chi connectivity index (χ0) is 24.1. The highest BCUT2D eigenvalue weighted by atomic mass is 35.5. The maximum atomic E-state index is 6.65. The molecule has 0 spiro atoms. The third-order valence-electron chi connectivity index (χ3n) is 5.80. The second-order valence-corrected chi connectivity index (χ2v) is 8.59. The van der Waals surface area contributed by atoms with Crippen LogP contribution in [-0.2, 0) is 0 Å². The van der Waals surface area contributed by atoms with Crippen LogP contribution in [0, 0.1) is 13.8 Å². The van der Waals surface area contributed by atoms with E-state index in [1.165, 1.54) is 0 Å². The number of benzene rings is 1. The Bertz CT molecular complexity index is 1190. The van der Waals surface area contributed by atoms with Crippen LogP contribution in [0.2, 0.25) is 5.02 Å². The van der Waals surface area contributed by atoms with Gasteiger partial charge in [0.25, 0.3) is 0 Å². The summed E-state index contributed by atoms with van der Waals surface area (Å²) in [6.45, 7) is 12.9. The van der Waals surface area contributed by atoms with Crippen molar-refractivity contribution < 1.29 is 0 Å². The molecule has 0 saturated carbocycles. The zero-order valence-corrected chi connectivity index (χ0v) is 20.9. The highest BCUT2D eigenvalue weighted by molar-refractivity contribution is 6.30. The predicted molar refractivity (Wildman–Crippen MR) is 139 cm³/mol. The number of allylic oxidation sites excluding steroid dienone is 2. The van der Waals surface area contributed by atoms with Crippen LogP contribution in [-0.4, -0.2) is 33.9 Å². The maximum absolute atomic E-state index is 6.65. The molecule has 33 heavy (non-hydrogen) atoms. The molecular formula is C26H33ClN6. The van der Waals surface area contributed by atoms with Gasteiger partial charge in [0.2, 0.25) is 0 Å². The van der Waals surface area contributed by atoms with E-state index in [9.17, 15) is 0 Å². The van der Waals surface area contributed by atoms with Gasteiger partial charge in [0, 0.05) is 36.1 Å². The number of halogens is 1. The summed E-state index contributed by atoms with van der Waals surface area (Å²) in [6.07, 6.45) is 5.52. The standard InChI is InChI=1S/C26H33ClN6/c1-7-14-29-23(9-3)24(22(28)8-2)25(19-10-12-20(27)13-11-19)32(6)21-15-17(4)26-31-30-18(5)33(26)16-21/h9-13,15-16,25H,3,7-8,14,28H2,1-2,4-6H3. The van der Waals surface area contributed by atoms with Crippen molar-refractivity contribution in [3.63, 3.8) is 0 Å². The Labute approximate surface area is 201 Å². The molecule has 0 aliphatic heterocycles. The van der Waals surface area contributed by atoms with Crippen LogP contribution < -0.4 is 10.6 Å². The van der Waals surface area contributed by atoms with Crippen molar-refractivity contribution in [2.45, 2.75) is 46.6 Å². The first-order valence-corrected chi connectivity index (χ1v) is 11.7. The lowest BCUT2D eigenvalue weighted by atomic mass is 9.90. The van der Waals surface area contributed by atoms with E-state index in [1.54, 1.807) is 0 Å². The fraction of sp³-hybridized carbons (Fsp3) is 0.346. The Morgan fingerprint density at radius 3 is 2.55 bits per heavy atom. The average Bonchev–Trinajstić information content (AvgIpc) is 3.20. The number of hydrogen-bond acceptors (Lipinski definition) is 5. The number of nitrogens with two attached hydrogens (primary N) is 1. The summed E-state index contributed by atoms with van der Waals surface area (Å²) in [7, 11) is 2.07. The summed E-state index contributed by atoms with van der Waals surface area (Å²) in [6, 6.07) is 9.84. The fourth-order valence-corrected chi connectivity index (χ4v) is 4.11. The van der Waals surface area contributed by atoms with Crippen molar-refractivity contribution in [2.75, 3.05) is 18.5 Å². The molecule has 1 unspecified atom stereocenters. The van der Waals surface area contributed by atoms with Gasteiger partial charge in [-0.25, -0.2) is 0 Å². The van der Waals surface area contributed by atoms with Crippen molar-refractivity contribution in [3.05, 3.63) is 82.4 Å². The molecule has 2 aromatic heterocycles. The molecule has 6 nitrogen and oxygen atoms in total. The molecule has 0 saturated heterocycles. The molecule has 0 amide bonds. The number of aromatic nitrogens is 3. The van der Waals surface area contributed by atoms with E-state index in [0.717, 1.165) is 51.7 Å². The van der Waals surface area contributed by atoms with E-state index >= 15 is 0 Å². The number of aryl methyl sites for hydroxylation is 2. The van der Waals surface area contributed by atoms with Gasteiger partial charge in [-0.05, 0) is 62.1 Å². The summed E-state index contributed by atoms with van der Waals surface area (Å²) in [5.74, 6) is 0.839. The fourth-order valence-electron chi connectivity index (χ4n) is 3.98. The molecule has 3 rings (SSSR count). The number of likely N-dealkylation sites (N-methyl/N-ethyl adjacent to an activating group) is 1. The van der Waals surface area contributed by atoms with Gasteiger partial charge in [0.1, 0.15) is 5.82 Å². The van der Waals surface area contributed by atoms with Crippen LogP contribution in [0.1, 0.15) is 49.7 Å². The van der Waals surface area contributed by atoms with Gasteiger partial charge in [-0.1, -0.05) is 44.2 Å². The topological polar surface area (TPSA) is 71.8 Å². The summed E-state index contributed by atoms with van der Waals surface area (Å²) in [5, 5.41) is 9.23. The number of hydrogen-bond donors (Lipinski definition) is 1. The van der Waals surface area contributed by atoms with Gasteiger partial charge in [-0.2, -0.15) is 0 Å². The van der Waals surface area contributed by atoms with E-state index < -0.39 is 0 Å². The first-order valence-electron chi connectivity index (χ1n) is 11.3. The van der Waals surface area contributed by atoms with Crippen molar-refractivity contribution >= 4 is 28.6 Å². The number of anilines is 1. The second-order valence-electron chi connectivity index (χ2n) is 8.15. The summed E-state index contributed by atoms with van der Waals surface area (Å²) in [4.78, 5) is 7.05. The molecule has 2 heterocycles. The first-order chi connectivity index (χ1) is 15.8. The molecular weight excluding hydrogens is 432 g/mol. The molecule has 1 aromatic carbocycles. The van der Waals surface area contributed by atoms with Crippen LogP contribution in [0.3, 0.4) is 0 Å². The van der Waals surface area contributed by atoms with Crippen LogP contribution in [0.15, 0.2) is 65.4 Å². The zero-order valence-electron chi connectivity index (χ0n) is 20.1. The number of pyridine rings is 1. The summed E-state index contributed by atoms with van der Waals surface area (Å²) in [5.41, 5.74) is 13.2. The smallest absolute Gasteiger partial charge is 0.163 e. The molecule has 1 atom stereocenters. The Balaban J connectivity index is 2.26. The Morgan fingerprint density at radius 2 is 1.94 bits per heavy atom. The van der Waals surface area contributed by atoms with Crippen LogP contribution in [0.25, 0.3) is 5.65 Å². The highest BCUT2D eigenvalue weighted by Gasteiger charge is 2.27. The van der Waals surface area contributed by atoms with Gasteiger partial charge in [0.15, 0.2) is 5.65 Å². The Morgan fingerprint density at radius 1 is 1.24 bits per heavy atom. The minimum atomic E-state index is -0.190. The van der Waals surface area contributed by atoms with Crippen LogP contribution >= 0.6 is 11.6 Å².